The number of rotatable bonds is 1. The summed E-state index contributed by atoms with van der Waals surface area (Å²) in [5.41, 5.74) is 6.15. The van der Waals surface area contributed by atoms with Gasteiger partial charge in [0.25, 0.3) is 0 Å². The summed E-state index contributed by atoms with van der Waals surface area (Å²) < 4.78 is 0. The summed E-state index contributed by atoms with van der Waals surface area (Å²) in [6, 6.07) is 0. The molecule has 0 aromatic carbocycles. The molecule has 1 heterocycles. The van der Waals surface area contributed by atoms with Gasteiger partial charge in [0, 0.05) is 6.92 Å². The Hall–Kier alpha value is -1.16. The number of hydrogen-bond donors (Lipinski definition) is 1. The van der Waals surface area contributed by atoms with E-state index in [0.29, 0.717) is 5.69 Å². The molecule has 0 aliphatic rings. The molecule has 0 radical (unpaired) electrons. The highest BCUT2D eigenvalue weighted by atomic mass is 35.5. The number of carbonyl (C=O) groups is 1. The first kappa shape index (κ1) is 8.93. The first-order chi connectivity index (χ1) is 5.52. The van der Waals surface area contributed by atoms with E-state index in [-0.39, 0.29) is 22.4 Å². The summed E-state index contributed by atoms with van der Waals surface area (Å²) in [5, 5.41) is 0.0748. The van der Waals surface area contributed by atoms with Crippen molar-refractivity contribution < 1.29 is 4.79 Å². The summed E-state index contributed by atoms with van der Waals surface area (Å²) in [7, 11) is 0. The van der Waals surface area contributed by atoms with Gasteiger partial charge in [0.05, 0.1) is 5.69 Å². The summed E-state index contributed by atoms with van der Waals surface area (Å²) >= 11 is 5.58. The number of hydrogen-bond acceptors (Lipinski definition) is 4. The average molecular weight is 186 g/mol. The van der Waals surface area contributed by atoms with Crippen molar-refractivity contribution in [1.82, 2.24) is 9.97 Å². The lowest BCUT2D eigenvalue weighted by molar-refractivity contribution is 0.101. The minimum atomic E-state index is -0.165. The molecule has 0 spiro atoms. The second-order valence-electron chi connectivity index (χ2n) is 2.39. The zero-order valence-electron chi connectivity index (χ0n) is 6.76. The Morgan fingerprint density at radius 2 is 2.08 bits per heavy atom. The number of anilines is 1. The monoisotopic (exact) mass is 185 g/mol. The highest BCUT2D eigenvalue weighted by molar-refractivity contribution is 6.31. The van der Waals surface area contributed by atoms with E-state index in [9.17, 15) is 4.79 Å². The standard InChI is InChI=1S/C7H8ClN3O/c1-3-5(4(2)12)11-6(8)7(9)10-3/h1-2H3,(H2,9,10). The number of nitrogens with zero attached hydrogens (tertiary/aromatic N) is 2. The summed E-state index contributed by atoms with van der Waals surface area (Å²) in [4.78, 5) is 18.6. The molecule has 0 unspecified atom stereocenters. The van der Waals surface area contributed by atoms with E-state index in [0.717, 1.165) is 0 Å². The molecule has 0 fully saturated rings. The smallest absolute Gasteiger partial charge is 0.180 e. The fourth-order valence-electron chi connectivity index (χ4n) is 0.850. The van der Waals surface area contributed by atoms with Crippen molar-refractivity contribution in [2.24, 2.45) is 0 Å². The molecule has 2 N–H and O–H groups in total. The van der Waals surface area contributed by atoms with Crippen molar-refractivity contribution in [1.29, 1.82) is 0 Å². The van der Waals surface area contributed by atoms with Gasteiger partial charge in [0.15, 0.2) is 16.8 Å². The molecular formula is C7H8ClN3O. The predicted molar refractivity (Wildman–Crippen MR) is 46.2 cm³/mol. The molecule has 0 saturated heterocycles. The van der Waals surface area contributed by atoms with Gasteiger partial charge in [0.1, 0.15) is 5.69 Å². The normalized spacial score (nSPS) is 9.92. The minimum absolute atomic E-state index is 0.0748. The van der Waals surface area contributed by atoms with Crippen LogP contribution in [-0.2, 0) is 0 Å². The summed E-state index contributed by atoms with van der Waals surface area (Å²) in [5.74, 6) is -0.0129. The first-order valence-corrected chi connectivity index (χ1v) is 3.70. The molecule has 0 atom stereocenters. The number of halogens is 1. The number of ketones is 1. The van der Waals surface area contributed by atoms with Crippen LogP contribution in [0.25, 0.3) is 0 Å². The molecule has 0 amide bonds. The highest BCUT2D eigenvalue weighted by Gasteiger charge is 2.10. The molecule has 1 aromatic heterocycles. The second-order valence-corrected chi connectivity index (χ2v) is 2.75. The molecule has 12 heavy (non-hydrogen) atoms. The molecule has 0 saturated carbocycles. The van der Waals surface area contributed by atoms with Gasteiger partial charge in [-0.2, -0.15) is 0 Å². The van der Waals surface area contributed by atoms with E-state index in [2.05, 4.69) is 9.97 Å². The van der Waals surface area contributed by atoms with E-state index in [1.54, 1.807) is 6.92 Å². The predicted octanol–water partition coefficient (Wildman–Crippen LogP) is 1.22. The van der Waals surface area contributed by atoms with Crippen LogP contribution >= 0.6 is 11.6 Å². The van der Waals surface area contributed by atoms with E-state index >= 15 is 0 Å². The van der Waals surface area contributed by atoms with Crippen molar-refractivity contribution in [3.63, 3.8) is 0 Å². The van der Waals surface area contributed by atoms with Crippen LogP contribution in [0.2, 0.25) is 5.15 Å². The lowest BCUT2D eigenvalue weighted by Gasteiger charge is -2.02. The van der Waals surface area contributed by atoms with E-state index < -0.39 is 0 Å². The Morgan fingerprint density at radius 3 is 2.58 bits per heavy atom. The lowest BCUT2D eigenvalue weighted by Crippen LogP contribution is -2.06. The Kier molecular flexibility index (Phi) is 2.28. The topological polar surface area (TPSA) is 68.9 Å². The summed E-state index contributed by atoms with van der Waals surface area (Å²) in [6.45, 7) is 3.07. The zero-order chi connectivity index (χ0) is 9.30. The molecular weight excluding hydrogens is 178 g/mol. The first-order valence-electron chi connectivity index (χ1n) is 3.33. The maximum absolute atomic E-state index is 10.9. The number of nitrogens with two attached hydrogens (primary N) is 1. The van der Waals surface area contributed by atoms with Crippen LogP contribution in [0.1, 0.15) is 23.1 Å². The van der Waals surface area contributed by atoms with Crippen molar-refractivity contribution in [3.8, 4) is 0 Å². The average Bonchev–Trinajstić information content (AvgIpc) is 1.96. The van der Waals surface area contributed by atoms with Gasteiger partial charge < -0.3 is 5.73 Å². The van der Waals surface area contributed by atoms with E-state index in [1.165, 1.54) is 6.92 Å². The SMILES string of the molecule is CC(=O)c1nc(Cl)c(N)nc1C. The fourth-order valence-corrected chi connectivity index (χ4v) is 0.976. The van der Waals surface area contributed by atoms with Crippen LogP contribution in [0, 0.1) is 6.92 Å². The van der Waals surface area contributed by atoms with E-state index in [4.69, 9.17) is 17.3 Å². The lowest BCUT2D eigenvalue weighted by atomic mass is 10.2. The number of aromatic nitrogens is 2. The highest BCUT2D eigenvalue weighted by Crippen LogP contribution is 2.15. The third-order valence-corrected chi connectivity index (χ3v) is 1.66. The fraction of sp³-hybridized carbons (Fsp3) is 0.286. The van der Waals surface area contributed by atoms with Crippen molar-refractivity contribution >= 4 is 23.2 Å². The van der Waals surface area contributed by atoms with E-state index in [1.807, 2.05) is 0 Å². The van der Waals surface area contributed by atoms with Gasteiger partial charge in [-0.25, -0.2) is 9.97 Å². The van der Waals surface area contributed by atoms with Gasteiger partial charge in [-0.05, 0) is 6.92 Å². The van der Waals surface area contributed by atoms with Crippen molar-refractivity contribution in [2.45, 2.75) is 13.8 Å². The van der Waals surface area contributed by atoms with Crippen LogP contribution in [0.3, 0.4) is 0 Å². The van der Waals surface area contributed by atoms with Crippen molar-refractivity contribution in [2.75, 3.05) is 5.73 Å². The quantitative estimate of drug-likeness (QED) is 0.668. The zero-order valence-corrected chi connectivity index (χ0v) is 7.51. The van der Waals surface area contributed by atoms with Crippen LogP contribution in [0.5, 0.6) is 0 Å². The molecule has 1 aromatic rings. The summed E-state index contributed by atoms with van der Waals surface area (Å²) in [6.07, 6.45) is 0. The van der Waals surface area contributed by atoms with Gasteiger partial charge in [-0.3, -0.25) is 4.79 Å². The molecule has 4 nitrogen and oxygen atoms in total. The van der Waals surface area contributed by atoms with Gasteiger partial charge in [-0.1, -0.05) is 11.6 Å². The second kappa shape index (κ2) is 3.06. The molecule has 0 aliphatic heterocycles. The van der Waals surface area contributed by atoms with Crippen molar-refractivity contribution in [3.05, 3.63) is 16.5 Å². The van der Waals surface area contributed by atoms with Crippen LogP contribution < -0.4 is 5.73 Å². The molecule has 5 heteroatoms. The molecule has 64 valence electrons. The Balaban J connectivity index is 3.33. The molecule has 0 bridgehead atoms. The van der Waals surface area contributed by atoms with Crippen LogP contribution in [-0.4, -0.2) is 15.8 Å². The third kappa shape index (κ3) is 1.53. The third-order valence-electron chi connectivity index (χ3n) is 1.39. The van der Waals surface area contributed by atoms with Gasteiger partial charge in [0.2, 0.25) is 0 Å². The molecule has 0 aliphatic carbocycles. The van der Waals surface area contributed by atoms with Crippen LogP contribution in [0.15, 0.2) is 0 Å². The number of aryl methyl sites for hydroxylation is 1. The minimum Gasteiger partial charge on any atom is -0.381 e. The number of nitrogen functional groups attached to an aromatic ring is 1. The molecule has 1 rings (SSSR count). The van der Waals surface area contributed by atoms with Crippen LogP contribution in [0.4, 0.5) is 5.82 Å². The number of Topliss-reactive ketones (excluding diaryl/α,β-unsaturated/α-hetero) is 1. The largest absolute Gasteiger partial charge is 0.381 e. The van der Waals surface area contributed by atoms with Gasteiger partial charge in [-0.15, -0.1) is 0 Å². The Bertz CT molecular complexity index is 338. The number of carbonyl (C=O) groups excluding carboxylic acids is 1. The van der Waals surface area contributed by atoms with Gasteiger partial charge >= 0.3 is 0 Å². The Labute approximate surface area is 74.8 Å². The Morgan fingerprint density at radius 1 is 1.50 bits per heavy atom. The maximum Gasteiger partial charge on any atom is 0.180 e. The maximum atomic E-state index is 10.9.